The van der Waals surface area contributed by atoms with Gasteiger partial charge in [0.15, 0.2) is 0 Å². The molecule has 0 aliphatic heterocycles. The molecule has 11 heavy (non-hydrogen) atoms. The SMILES string of the molecule is CC[C@H](N)c1cccc(S)c1. The normalized spacial score (nSPS) is 13.0. The quantitative estimate of drug-likeness (QED) is 0.650. The summed E-state index contributed by atoms with van der Waals surface area (Å²) in [4.78, 5) is 0.978. The van der Waals surface area contributed by atoms with E-state index < -0.39 is 0 Å². The highest BCUT2D eigenvalue weighted by molar-refractivity contribution is 7.80. The van der Waals surface area contributed by atoms with Crippen LogP contribution < -0.4 is 5.73 Å². The molecule has 1 nitrogen and oxygen atoms in total. The number of hydrogen-bond donors (Lipinski definition) is 2. The minimum absolute atomic E-state index is 0.155. The number of rotatable bonds is 2. The summed E-state index contributed by atoms with van der Waals surface area (Å²) in [6, 6.07) is 8.13. The molecule has 2 N–H and O–H groups in total. The van der Waals surface area contributed by atoms with Crippen LogP contribution in [0.1, 0.15) is 24.9 Å². The van der Waals surface area contributed by atoms with E-state index in [0.717, 1.165) is 11.3 Å². The first kappa shape index (κ1) is 8.62. The molecular weight excluding hydrogens is 154 g/mol. The fourth-order valence-corrected chi connectivity index (χ4v) is 1.23. The summed E-state index contributed by atoms with van der Waals surface area (Å²) in [5.41, 5.74) is 7.00. The van der Waals surface area contributed by atoms with Gasteiger partial charge in [-0.15, -0.1) is 12.6 Å². The van der Waals surface area contributed by atoms with Gasteiger partial charge in [0.2, 0.25) is 0 Å². The van der Waals surface area contributed by atoms with Gasteiger partial charge in [0, 0.05) is 10.9 Å². The van der Waals surface area contributed by atoms with E-state index in [0.29, 0.717) is 0 Å². The summed E-state index contributed by atoms with van der Waals surface area (Å²) in [6.45, 7) is 2.08. The highest BCUT2D eigenvalue weighted by Crippen LogP contribution is 2.16. The van der Waals surface area contributed by atoms with Gasteiger partial charge in [-0.2, -0.15) is 0 Å². The molecule has 0 unspecified atom stereocenters. The van der Waals surface area contributed by atoms with E-state index in [4.69, 9.17) is 5.73 Å². The third kappa shape index (κ3) is 2.24. The maximum atomic E-state index is 5.83. The first-order chi connectivity index (χ1) is 5.24. The fourth-order valence-electron chi connectivity index (χ4n) is 0.991. The van der Waals surface area contributed by atoms with Crippen molar-refractivity contribution in [3.8, 4) is 0 Å². The van der Waals surface area contributed by atoms with E-state index in [2.05, 4.69) is 19.6 Å². The van der Waals surface area contributed by atoms with Crippen molar-refractivity contribution in [2.45, 2.75) is 24.3 Å². The summed E-state index contributed by atoms with van der Waals surface area (Å²) >= 11 is 4.23. The minimum atomic E-state index is 0.155. The van der Waals surface area contributed by atoms with Gasteiger partial charge in [-0.05, 0) is 24.1 Å². The van der Waals surface area contributed by atoms with E-state index in [1.165, 1.54) is 5.56 Å². The molecule has 0 aromatic heterocycles. The predicted molar refractivity (Wildman–Crippen MR) is 50.9 cm³/mol. The van der Waals surface area contributed by atoms with Crippen LogP contribution >= 0.6 is 12.6 Å². The van der Waals surface area contributed by atoms with Gasteiger partial charge in [0.1, 0.15) is 0 Å². The van der Waals surface area contributed by atoms with Crippen molar-refractivity contribution in [2.24, 2.45) is 5.73 Å². The average Bonchev–Trinajstić information content (AvgIpc) is 2.03. The Balaban J connectivity index is 2.86. The molecule has 1 atom stereocenters. The standard InChI is InChI=1S/C9H13NS/c1-2-9(10)7-4-3-5-8(11)6-7/h3-6,9,11H,2,10H2,1H3/t9-/m0/s1. The molecule has 60 valence electrons. The second kappa shape index (κ2) is 3.79. The van der Waals surface area contributed by atoms with Crippen LogP contribution in [0.25, 0.3) is 0 Å². The molecule has 0 saturated carbocycles. The van der Waals surface area contributed by atoms with Crippen LogP contribution in [-0.4, -0.2) is 0 Å². The van der Waals surface area contributed by atoms with Crippen LogP contribution in [0.4, 0.5) is 0 Å². The molecular formula is C9H13NS. The Morgan fingerprint density at radius 3 is 2.82 bits per heavy atom. The Labute approximate surface area is 73.0 Å². The first-order valence-corrected chi connectivity index (χ1v) is 4.23. The summed E-state index contributed by atoms with van der Waals surface area (Å²) in [5.74, 6) is 0. The van der Waals surface area contributed by atoms with Crippen LogP contribution in [0, 0.1) is 0 Å². The highest BCUT2D eigenvalue weighted by Gasteiger charge is 2.01. The molecule has 0 heterocycles. The van der Waals surface area contributed by atoms with E-state index in [1.807, 2.05) is 24.3 Å². The van der Waals surface area contributed by atoms with E-state index >= 15 is 0 Å². The fraction of sp³-hybridized carbons (Fsp3) is 0.333. The summed E-state index contributed by atoms with van der Waals surface area (Å²) in [7, 11) is 0. The lowest BCUT2D eigenvalue weighted by Gasteiger charge is -2.08. The Bertz CT molecular complexity index is 235. The van der Waals surface area contributed by atoms with Gasteiger partial charge in [-0.25, -0.2) is 0 Å². The zero-order valence-corrected chi connectivity index (χ0v) is 7.51. The van der Waals surface area contributed by atoms with Crippen molar-refractivity contribution in [1.82, 2.24) is 0 Å². The topological polar surface area (TPSA) is 26.0 Å². The maximum absolute atomic E-state index is 5.83. The highest BCUT2D eigenvalue weighted by atomic mass is 32.1. The molecule has 0 aliphatic carbocycles. The zero-order valence-electron chi connectivity index (χ0n) is 6.62. The Kier molecular flexibility index (Phi) is 2.97. The third-order valence-corrected chi connectivity index (χ3v) is 2.02. The van der Waals surface area contributed by atoms with Gasteiger partial charge in [-0.1, -0.05) is 19.1 Å². The second-order valence-electron chi connectivity index (χ2n) is 2.61. The molecule has 0 fully saturated rings. The third-order valence-electron chi connectivity index (χ3n) is 1.74. The molecule has 0 saturated heterocycles. The summed E-state index contributed by atoms with van der Waals surface area (Å²) < 4.78 is 0. The van der Waals surface area contributed by atoms with Crippen LogP contribution in [-0.2, 0) is 0 Å². The molecule has 1 aromatic rings. The Hall–Kier alpha value is -0.470. The second-order valence-corrected chi connectivity index (χ2v) is 3.13. The van der Waals surface area contributed by atoms with Gasteiger partial charge in [-0.3, -0.25) is 0 Å². The van der Waals surface area contributed by atoms with Crippen LogP contribution in [0.3, 0.4) is 0 Å². The molecule has 0 spiro atoms. The molecule has 0 amide bonds. The lowest BCUT2D eigenvalue weighted by molar-refractivity contribution is 0.697. The van der Waals surface area contributed by atoms with Crippen LogP contribution in [0.15, 0.2) is 29.2 Å². The van der Waals surface area contributed by atoms with Crippen molar-refractivity contribution in [1.29, 1.82) is 0 Å². The average molecular weight is 167 g/mol. The molecule has 1 rings (SSSR count). The minimum Gasteiger partial charge on any atom is -0.324 e. The molecule has 0 bridgehead atoms. The lowest BCUT2D eigenvalue weighted by Crippen LogP contribution is -2.08. The molecule has 0 aliphatic rings. The Morgan fingerprint density at radius 1 is 1.55 bits per heavy atom. The lowest BCUT2D eigenvalue weighted by atomic mass is 10.1. The van der Waals surface area contributed by atoms with Gasteiger partial charge < -0.3 is 5.73 Å². The van der Waals surface area contributed by atoms with E-state index in [9.17, 15) is 0 Å². The smallest absolute Gasteiger partial charge is 0.0292 e. The maximum Gasteiger partial charge on any atom is 0.0292 e. The van der Waals surface area contributed by atoms with Gasteiger partial charge >= 0.3 is 0 Å². The van der Waals surface area contributed by atoms with E-state index in [-0.39, 0.29) is 6.04 Å². The molecule has 0 radical (unpaired) electrons. The van der Waals surface area contributed by atoms with Crippen molar-refractivity contribution in [2.75, 3.05) is 0 Å². The Morgan fingerprint density at radius 2 is 2.27 bits per heavy atom. The van der Waals surface area contributed by atoms with Crippen molar-refractivity contribution in [3.05, 3.63) is 29.8 Å². The van der Waals surface area contributed by atoms with Crippen LogP contribution in [0.5, 0.6) is 0 Å². The number of nitrogens with two attached hydrogens (primary N) is 1. The number of hydrogen-bond acceptors (Lipinski definition) is 2. The van der Waals surface area contributed by atoms with Crippen molar-refractivity contribution < 1.29 is 0 Å². The van der Waals surface area contributed by atoms with Gasteiger partial charge in [0.25, 0.3) is 0 Å². The van der Waals surface area contributed by atoms with Crippen LogP contribution in [0.2, 0.25) is 0 Å². The summed E-state index contributed by atoms with van der Waals surface area (Å²) in [5, 5.41) is 0. The predicted octanol–water partition coefficient (Wildman–Crippen LogP) is 2.39. The monoisotopic (exact) mass is 167 g/mol. The molecule has 1 aromatic carbocycles. The zero-order chi connectivity index (χ0) is 8.27. The van der Waals surface area contributed by atoms with Crippen molar-refractivity contribution in [3.63, 3.8) is 0 Å². The van der Waals surface area contributed by atoms with E-state index in [1.54, 1.807) is 0 Å². The molecule has 2 heteroatoms. The van der Waals surface area contributed by atoms with Gasteiger partial charge in [0.05, 0.1) is 0 Å². The first-order valence-electron chi connectivity index (χ1n) is 3.78. The largest absolute Gasteiger partial charge is 0.324 e. The summed E-state index contributed by atoms with van der Waals surface area (Å²) in [6.07, 6.45) is 0.969. The van der Waals surface area contributed by atoms with Crippen molar-refractivity contribution >= 4 is 12.6 Å². The number of benzene rings is 1. The number of thiol groups is 1.